The van der Waals surface area contributed by atoms with Gasteiger partial charge in [-0.1, -0.05) is 0 Å². The van der Waals surface area contributed by atoms with Crippen LogP contribution in [0, 0.1) is 11.6 Å². The number of urea groups is 1. The van der Waals surface area contributed by atoms with Crippen LogP contribution >= 0.6 is 0 Å². The minimum atomic E-state index is -0.834. The van der Waals surface area contributed by atoms with Crippen LogP contribution in [0.3, 0.4) is 0 Å². The van der Waals surface area contributed by atoms with E-state index in [4.69, 9.17) is 0 Å². The lowest BCUT2D eigenvalue weighted by atomic mass is 10.2. The highest BCUT2D eigenvalue weighted by atomic mass is 19.1. The van der Waals surface area contributed by atoms with Crippen molar-refractivity contribution < 1.29 is 18.4 Å². The molecule has 25 heavy (non-hydrogen) atoms. The predicted molar refractivity (Wildman–Crippen MR) is 87.1 cm³/mol. The fraction of sp³-hybridized carbons (Fsp3) is 0.235. The molecule has 0 bridgehead atoms. The quantitative estimate of drug-likeness (QED) is 0.908. The summed E-state index contributed by atoms with van der Waals surface area (Å²) in [6, 6.07) is 5.84. The van der Waals surface area contributed by atoms with Gasteiger partial charge < -0.3 is 15.1 Å². The smallest absolute Gasteiger partial charge is 0.322 e. The number of carbonyl (C=O) groups excluding carboxylic acids is 2. The summed E-state index contributed by atoms with van der Waals surface area (Å²) in [5.41, 5.74) is 0.411. The zero-order chi connectivity index (χ0) is 17.8. The first kappa shape index (κ1) is 16.8. The molecule has 2 aromatic rings. The standard InChI is InChI=1S/C17H16F2N4O2/c18-13-3-4-15(14(19)10-13)21-17(25)23-8-6-22(7-9-23)16(24)12-2-1-5-20-11-12/h1-5,10-11H,6-9H2,(H,21,25). The molecule has 1 fully saturated rings. The van der Waals surface area contributed by atoms with E-state index < -0.39 is 17.7 Å². The molecule has 1 aliphatic rings. The first-order valence-electron chi connectivity index (χ1n) is 7.75. The van der Waals surface area contributed by atoms with Gasteiger partial charge in [0.1, 0.15) is 11.6 Å². The van der Waals surface area contributed by atoms with E-state index in [-0.39, 0.29) is 11.6 Å². The van der Waals surface area contributed by atoms with Gasteiger partial charge >= 0.3 is 6.03 Å². The molecule has 0 spiro atoms. The van der Waals surface area contributed by atoms with E-state index in [1.807, 2.05) is 0 Å². The van der Waals surface area contributed by atoms with Gasteiger partial charge in [0.15, 0.2) is 0 Å². The Labute approximate surface area is 143 Å². The maximum Gasteiger partial charge on any atom is 0.322 e. The van der Waals surface area contributed by atoms with Crippen LogP contribution in [0.15, 0.2) is 42.7 Å². The van der Waals surface area contributed by atoms with Crippen LogP contribution in [0.5, 0.6) is 0 Å². The van der Waals surface area contributed by atoms with Crippen LogP contribution in [-0.2, 0) is 0 Å². The molecule has 1 aromatic heterocycles. The minimum absolute atomic E-state index is 0.0831. The van der Waals surface area contributed by atoms with Crippen molar-refractivity contribution in [3.05, 3.63) is 59.9 Å². The second-order valence-corrected chi connectivity index (χ2v) is 5.58. The Bertz CT molecular complexity index is 777. The Balaban J connectivity index is 1.56. The van der Waals surface area contributed by atoms with Crippen molar-refractivity contribution in [2.45, 2.75) is 0 Å². The van der Waals surface area contributed by atoms with Crippen molar-refractivity contribution in [1.29, 1.82) is 0 Å². The van der Waals surface area contributed by atoms with Crippen molar-refractivity contribution in [2.24, 2.45) is 0 Å². The number of hydrogen-bond acceptors (Lipinski definition) is 3. The highest BCUT2D eigenvalue weighted by Crippen LogP contribution is 2.16. The molecule has 0 atom stereocenters. The highest BCUT2D eigenvalue weighted by Gasteiger charge is 2.25. The van der Waals surface area contributed by atoms with Crippen LogP contribution in [-0.4, -0.2) is 52.9 Å². The zero-order valence-corrected chi connectivity index (χ0v) is 13.3. The van der Waals surface area contributed by atoms with Crippen LogP contribution in [0.1, 0.15) is 10.4 Å². The van der Waals surface area contributed by atoms with Crippen molar-refractivity contribution in [2.75, 3.05) is 31.5 Å². The number of hydrogen-bond donors (Lipinski definition) is 1. The summed E-state index contributed by atoms with van der Waals surface area (Å²) in [7, 11) is 0. The Morgan fingerprint density at radius 3 is 2.40 bits per heavy atom. The lowest BCUT2D eigenvalue weighted by Crippen LogP contribution is -2.51. The highest BCUT2D eigenvalue weighted by molar-refractivity contribution is 5.94. The fourth-order valence-electron chi connectivity index (χ4n) is 2.57. The third-order valence-corrected chi connectivity index (χ3v) is 3.94. The first-order chi connectivity index (χ1) is 12.0. The van der Waals surface area contributed by atoms with Gasteiger partial charge in [0.25, 0.3) is 5.91 Å². The summed E-state index contributed by atoms with van der Waals surface area (Å²) in [6.07, 6.45) is 3.09. The molecule has 1 aromatic carbocycles. The topological polar surface area (TPSA) is 65.5 Å². The van der Waals surface area contributed by atoms with Crippen molar-refractivity contribution >= 4 is 17.6 Å². The van der Waals surface area contributed by atoms with Gasteiger partial charge in [-0.2, -0.15) is 0 Å². The molecule has 8 heteroatoms. The van der Waals surface area contributed by atoms with Gasteiger partial charge in [-0.05, 0) is 24.3 Å². The summed E-state index contributed by atoms with van der Waals surface area (Å²) < 4.78 is 26.5. The van der Waals surface area contributed by atoms with Gasteiger partial charge in [-0.25, -0.2) is 13.6 Å². The summed E-state index contributed by atoms with van der Waals surface area (Å²) >= 11 is 0. The van der Waals surface area contributed by atoms with Crippen molar-refractivity contribution in [3.63, 3.8) is 0 Å². The molecular weight excluding hydrogens is 330 g/mol. The van der Waals surface area contributed by atoms with Gasteiger partial charge in [0.2, 0.25) is 0 Å². The third kappa shape index (κ3) is 3.90. The van der Waals surface area contributed by atoms with Crippen molar-refractivity contribution in [1.82, 2.24) is 14.8 Å². The number of carbonyl (C=O) groups is 2. The maximum absolute atomic E-state index is 13.6. The molecule has 2 heterocycles. The average molecular weight is 346 g/mol. The molecule has 0 unspecified atom stereocenters. The van der Waals surface area contributed by atoms with Gasteiger partial charge in [-0.15, -0.1) is 0 Å². The van der Waals surface area contributed by atoms with Gasteiger partial charge in [-0.3, -0.25) is 9.78 Å². The fourth-order valence-corrected chi connectivity index (χ4v) is 2.57. The number of aromatic nitrogens is 1. The van der Waals surface area contributed by atoms with E-state index in [1.165, 1.54) is 17.2 Å². The van der Waals surface area contributed by atoms with E-state index in [9.17, 15) is 18.4 Å². The number of rotatable bonds is 2. The third-order valence-electron chi connectivity index (χ3n) is 3.94. The Morgan fingerprint density at radius 2 is 1.76 bits per heavy atom. The van der Waals surface area contributed by atoms with E-state index >= 15 is 0 Å². The number of anilines is 1. The number of nitrogens with zero attached hydrogens (tertiary/aromatic N) is 3. The molecule has 6 nitrogen and oxygen atoms in total. The lowest BCUT2D eigenvalue weighted by Gasteiger charge is -2.34. The molecule has 130 valence electrons. The molecule has 3 rings (SSSR count). The number of pyridine rings is 1. The molecule has 3 amide bonds. The minimum Gasteiger partial charge on any atom is -0.335 e. The zero-order valence-electron chi connectivity index (χ0n) is 13.3. The molecular formula is C17H16F2N4O2. The molecule has 0 aliphatic carbocycles. The van der Waals surface area contributed by atoms with Crippen LogP contribution in [0.2, 0.25) is 0 Å². The van der Waals surface area contributed by atoms with Crippen LogP contribution in [0.25, 0.3) is 0 Å². The lowest BCUT2D eigenvalue weighted by molar-refractivity contribution is 0.0671. The monoisotopic (exact) mass is 346 g/mol. The van der Waals surface area contributed by atoms with Gasteiger partial charge in [0, 0.05) is 44.6 Å². The summed E-state index contributed by atoms with van der Waals surface area (Å²) in [4.78, 5) is 31.6. The number of nitrogens with one attached hydrogen (secondary N) is 1. The Hall–Kier alpha value is -3.03. The molecule has 1 aliphatic heterocycles. The summed E-state index contributed by atoms with van der Waals surface area (Å²) in [5, 5.41) is 2.41. The van der Waals surface area contributed by atoms with E-state index in [2.05, 4.69) is 10.3 Å². The number of piperazine rings is 1. The summed E-state index contributed by atoms with van der Waals surface area (Å²) in [6.45, 7) is 1.38. The second kappa shape index (κ2) is 7.25. The van der Waals surface area contributed by atoms with Crippen molar-refractivity contribution in [3.8, 4) is 0 Å². The van der Waals surface area contributed by atoms with Crippen LogP contribution in [0.4, 0.5) is 19.3 Å². The summed E-state index contributed by atoms with van der Waals surface area (Å²) in [5.74, 6) is -1.69. The van der Waals surface area contributed by atoms with E-state index in [0.717, 1.165) is 6.07 Å². The second-order valence-electron chi connectivity index (χ2n) is 5.58. The van der Waals surface area contributed by atoms with E-state index in [1.54, 1.807) is 23.2 Å². The normalized spacial score (nSPS) is 14.3. The first-order valence-corrected chi connectivity index (χ1v) is 7.75. The maximum atomic E-state index is 13.6. The molecule has 1 N–H and O–H groups in total. The Kier molecular flexibility index (Phi) is 4.87. The molecule has 0 radical (unpaired) electrons. The molecule has 1 saturated heterocycles. The predicted octanol–water partition coefficient (Wildman–Crippen LogP) is 2.35. The number of benzene rings is 1. The average Bonchev–Trinajstić information content (AvgIpc) is 2.64. The number of halogens is 2. The van der Waals surface area contributed by atoms with Crippen LogP contribution < -0.4 is 5.32 Å². The van der Waals surface area contributed by atoms with E-state index in [0.29, 0.717) is 37.8 Å². The SMILES string of the molecule is O=C(Nc1ccc(F)cc1F)N1CCN(C(=O)c2cccnc2)CC1. The number of amides is 3. The largest absolute Gasteiger partial charge is 0.335 e. The van der Waals surface area contributed by atoms with Gasteiger partial charge in [0.05, 0.1) is 11.3 Å². The Morgan fingerprint density at radius 1 is 1.04 bits per heavy atom. The molecule has 0 saturated carbocycles.